The number of nitrogens with zero attached hydrogens (tertiary/aromatic N) is 2. The number of amides is 2. The summed E-state index contributed by atoms with van der Waals surface area (Å²) in [5.41, 5.74) is 3.68. The minimum atomic E-state index is -0.222. The van der Waals surface area contributed by atoms with Gasteiger partial charge in [0.1, 0.15) is 0 Å². The number of aryl methyl sites for hydroxylation is 1. The number of fused-ring (bicyclic) bond motifs is 2. The van der Waals surface area contributed by atoms with Crippen molar-refractivity contribution in [1.29, 1.82) is 0 Å². The van der Waals surface area contributed by atoms with E-state index in [1.807, 2.05) is 41.3 Å². The molecule has 140 valence electrons. The molecule has 1 aliphatic heterocycles. The lowest BCUT2D eigenvalue weighted by Crippen LogP contribution is -2.33. The van der Waals surface area contributed by atoms with E-state index in [0.717, 1.165) is 42.1 Å². The van der Waals surface area contributed by atoms with Crippen molar-refractivity contribution in [1.82, 2.24) is 4.98 Å². The average molecular weight is 389 g/mol. The first-order chi connectivity index (χ1) is 13.7. The van der Waals surface area contributed by atoms with Crippen molar-refractivity contribution < 1.29 is 9.59 Å². The zero-order valence-electron chi connectivity index (χ0n) is 15.2. The molecule has 0 spiro atoms. The van der Waals surface area contributed by atoms with E-state index in [0.29, 0.717) is 10.7 Å². The molecule has 5 rings (SSSR count). The second kappa shape index (κ2) is 6.87. The highest BCUT2D eigenvalue weighted by Gasteiger charge is 2.37. The maximum Gasteiger partial charge on any atom is 0.257 e. The van der Waals surface area contributed by atoms with E-state index in [2.05, 4.69) is 16.4 Å². The van der Waals surface area contributed by atoms with Crippen LogP contribution >= 0.6 is 11.3 Å². The third-order valence-electron chi connectivity index (χ3n) is 5.43. The molecule has 5 nitrogen and oxygen atoms in total. The van der Waals surface area contributed by atoms with E-state index in [9.17, 15) is 9.59 Å². The van der Waals surface area contributed by atoms with Crippen LogP contribution < -0.4 is 10.2 Å². The summed E-state index contributed by atoms with van der Waals surface area (Å²) >= 11 is 1.48. The molecule has 0 unspecified atom stereocenters. The molecule has 1 aromatic heterocycles. The molecule has 0 fully saturated rings. The molecule has 2 aromatic carbocycles. The number of nitrogens with one attached hydrogen (secondary N) is 1. The Balaban J connectivity index is 1.36. The summed E-state index contributed by atoms with van der Waals surface area (Å²) in [6.07, 6.45) is 2.52. The predicted octanol–water partition coefficient (Wildman–Crippen LogP) is 4.01. The van der Waals surface area contributed by atoms with Crippen LogP contribution in [0.3, 0.4) is 0 Å². The second-order valence-electron chi connectivity index (χ2n) is 7.11. The maximum atomic E-state index is 13.2. The minimum Gasteiger partial charge on any atom is -0.311 e. The zero-order valence-corrected chi connectivity index (χ0v) is 16.0. The number of aromatic nitrogens is 1. The van der Waals surface area contributed by atoms with Gasteiger partial charge in [0.2, 0.25) is 5.91 Å². The van der Waals surface area contributed by atoms with E-state index in [4.69, 9.17) is 0 Å². The van der Waals surface area contributed by atoms with Gasteiger partial charge in [-0.15, -0.1) is 11.3 Å². The quantitative estimate of drug-likeness (QED) is 0.736. The van der Waals surface area contributed by atoms with Crippen molar-refractivity contribution in [3.8, 4) is 0 Å². The van der Waals surface area contributed by atoms with Crippen molar-refractivity contribution in [2.45, 2.75) is 25.2 Å². The van der Waals surface area contributed by atoms with Gasteiger partial charge in [0.15, 0.2) is 5.13 Å². The summed E-state index contributed by atoms with van der Waals surface area (Å²) in [5, 5.41) is 3.44. The zero-order chi connectivity index (χ0) is 19.1. The smallest absolute Gasteiger partial charge is 0.257 e. The molecule has 3 aromatic rings. The first kappa shape index (κ1) is 17.1. The topological polar surface area (TPSA) is 62.3 Å². The molecule has 0 saturated heterocycles. The normalized spacial score (nSPS) is 17.3. The van der Waals surface area contributed by atoms with E-state index in [-0.39, 0.29) is 17.7 Å². The van der Waals surface area contributed by atoms with Crippen molar-refractivity contribution in [3.05, 3.63) is 76.3 Å². The monoisotopic (exact) mass is 389 g/mol. The second-order valence-corrected chi connectivity index (χ2v) is 8.19. The lowest BCUT2D eigenvalue weighted by molar-refractivity contribution is -0.120. The number of carbonyl (C=O) groups is 2. The van der Waals surface area contributed by atoms with Gasteiger partial charge in [-0.3, -0.25) is 14.9 Å². The molecule has 28 heavy (non-hydrogen) atoms. The number of hydrogen-bond donors (Lipinski definition) is 1. The highest BCUT2D eigenvalue weighted by atomic mass is 32.1. The van der Waals surface area contributed by atoms with Crippen LogP contribution in [0.25, 0.3) is 0 Å². The Bertz CT molecular complexity index is 1060. The van der Waals surface area contributed by atoms with Gasteiger partial charge in [0.05, 0.1) is 11.6 Å². The van der Waals surface area contributed by atoms with Gasteiger partial charge in [0.25, 0.3) is 5.91 Å². The minimum absolute atomic E-state index is 0.120. The first-order valence-corrected chi connectivity index (χ1v) is 10.3. The third-order valence-corrected chi connectivity index (χ3v) is 6.47. The van der Waals surface area contributed by atoms with Gasteiger partial charge in [-0.2, -0.15) is 0 Å². The first-order valence-electron chi connectivity index (χ1n) is 9.46. The molecule has 2 heterocycles. The van der Waals surface area contributed by atoms with E-state index in [1.165, 1.54) is 16.9 Å². The van der Waals surface area contributed by atoms with Gasteiger partial charge in [-0.05, 0) is 43.0 Å². The fourth-order valence-corrected chi connectivity index (χ4v) is 5.07. The molecule has 2 amide bonds. The highest BCUT2D eigenvalue weighted by molar-refractivity contribution is 7.16. The molecular weight excluding hydrogens is 370 g/mol. The molecule has 0 bridgehead atoms. The fraction of sp³-hybridized carbons (Fsp3) is 0.227. The number of hydrogen-bond acceptors (Lipinski definition) is 4. The van der Waals surface area contributed by atoms with E-state index < -0.39 is 0 Å². The molecule has 6 heteroatoms. The molecule has 1 N–H and O–H groups in total. The third kappa shape index (κ3) is 2.90. The number of anilines is 2. The van der Waals surface area contributed by atoms with Crippen LogP contribution in [0.4, 0.5) is 10.8 Å². The van der Waals surface area contributed by atoms with Gasteiger partial charge in [0, 0.05) is 22.7 Å². The van der Waals surface area contributed by atoms with E-state index >= 15 is 0 Å². The van der Waals surface area contributed by atoms with Crippen LogP contribution in [-0.2, 0) is 17.6 Å². The standard InChI is InChI=1S/C22H19N3O2S/c26-20(15-7-2-1-3-8-15)24-22-23-19-16(10-11-18(19)28-22)21(27)25-13-12-14-6-4-5-9-17(14)25/h1-9,16H,10-13H2,(H,23,24,26)/t16-/m0/s1. The summed E-state index contributed by atoms with van der Waals surface area (Å²) in [7, 11) is 0. The van der Waals surface area contributed by atoms with Crippen molar-refractivity contribution in [3.63, 3.8) is 0 Å². The molecule has 2 aliphatic rings. The van der Waals surface area contributed by atoms with Crippen molar-refractivity contribution >= 4 is 34.0 Å². The Morgan fingerprint density at radius 2 is 1.82 bits per heavy atom. The van der Waals surface area contributed by atoms with Gasteiger partial charge >= 0.3 is 0 Å². The molecule has 1 aliphatic carbocycles. The lowest BCUT2D eigenvalue weighted by atomic mass is 10.1. The SMILES string of the molecule is O=C(Nc1nc2c(s1)CC[C@@H]2C(=O)N1CCc2ccccc21)c1ccccc1. The Kier molecular flexibility index (Phi) is 4.20. The number of benzene rings is 2. The van der Waals surface area contributed by atoms with Gasteiger partial charge < -0.3 is 4.90 Å². The molecule has 0 radical (unpaired) electrons. The summed E-state index contributed by atoms with van der Waals surface area (Å²) in [6.45, 7) is 0.728. The van der Waals surface area contributed by atoms with Crippen LogP contribution in [0.15, 0.2) is 54.6 Å². The van der Waals surface area contributed by atoms with Crippen LogP contribution in [0.2, 0.25) is 0 Å². The summed E-state index contributed by atoms with van der Waals surface area (Å²) in [6, 6.07) is 17.2. The summed E-state index contributed by atoms with van der Waals surface area (Å²) in [5.74, 6) is -0.279. The van der Waals surface area contributed by atoms with Crippen LogP contribution in [0.1, 0.15) is 38.8 Å². The Morgan fingerprint density at radius 3 is 2.68 bits per heavy atom. The number of para-hydroxylation sites is 1. The van der Waals surface area contributed by atoms with Crippen LogP contribution in [0.5, 0.6) is 0 Å². The fourth-order valence-electron chi connectivity index (χ4n) is 4.04. The summed E-state index contributed by atoms with van der Waals surface area (Å²) < 4.78 is 0. The number of thiazole rings is 1. The van der Waals surface area contributed by atoms with E-state index in [1.54, 1.807) is 12.1 Å². The molecular formula is C22H19N3O2S. The Morgan fingerprint density at radius 1 is 1.04 bits per heavy atom. The molecule has 1 atom stereocenters. The number of carbonyl (C=O) groups excluding carboxylic acids is 2. The Labute approximate surface area is 167 Å². The van der Waals surface area contributed by atoms with Crippen LogP contribution in [-0.4, -0.2) is 23.3 Å². The number of rotatable bonds is 3. The van der Waals surface area contributed by atoms with Crippen LogP contribution in [0, 0.1) is 0 Å². The summed E-state index contributed by atoms with van der Waals surface area (Å²) in [4.78, 5) is 33.2. The van der Waals surface area contributed by atoms with Gasteiger partial charge in [-0.1, -0.05) is 36.4 Å². The average Bonchev–Trinajstić information content (AvgIpc) is 3.42. The maximum absolute atomic E-state index is 13.2. The predicted molar refractivity (Wildman–Crippen MR) is 110 cm³/mol. The highest BCUT2D eigenvalue weighted by Crippen LogP contribution is 2.41. The lowest BCUT2D eigenvalue weighted by Gasteiger charge is -2.21. The molecule has 0 saturated carbocycles. The van der Waals surface area contributed by atoms with Gasteiger partial charge in [-0.25, -0.2) is 4.98 Å². The Hall–Kier alpha value is -2.99. The van der Waals surface area contributed by atoms with Crippen molar-refractivity contribution in [2.75, 3.05) is 16.8 Å². The largest absolute Gasteiger partial charge is 0.311 e. The van der Waals surface area contributed by atoms with Crippen molar-refractivity contribution in [2.24, 2.45) is 0 Å².